The number of hydrogen-bond donors (Lipinski definition) is 0. The van der Waals surface area contributed by atoms with Gasteiger partial charge in [-0.1, -0.05) is 25.1 Å². The first kappa shape index (κ1) is 11.5. The molecule has 0 radical (unpaired) electrons. The number of ether oxygens (including phenoxy) is 1. The van der Waals surface area contributed by atoms with Crippen molar-refractivity contribution in [2.24, 2.45) is 0 Å². The number of allylic oxidation sites excluding steroid dienone is 1. The molecule has 0 aliphatic rings. The van der Waals surface area contributed by atoms with Gasteiger partial charge in [0.2, 0.25) is 0 Å². The second-order valence-electron chi connectivity index (χ2n) is 3.26. The largest absolute Gasteiger partial charge is 0.493 e. The summed E-state index contributed by atoms with van der Waals surface area (Å²) in [5.74, 6) is 0.725. The Morgan fingerprint density at radius 2 is 2.20 bits per heavy atom. The summed E-state index contributed by atoms with van der Waals surface area (Å²) in [6, 6.07) is 7.33. The van der Waals surface area contributed by atoms with E-state index < -0.39 is 0 Å². The van der Waals surface area contributed by atoms with E-state index in [2.05, 4.69) is 6.58 Å². The highest BCUT2D eigenvalue weighted by molar-refractivity contribution is 5.99. The van der Waals surface area contributed by atoms with Gasteiger partial charge in [-0.25, -0.2) is 0 Å². The van der Waals surface area contributed by atoms with Gasteiger partial charge in [-0.3, -0.25) is 4.79 Å². The number of hydrogen-bond acceptors (Lipinski definition) is 2. The summed E-state index contributed by atoms with van der Waals surface area (Å²) in [5.41, 5.74) is 0.644. The second-order valence-corrected chi connectivity index (χ2v) is 3.26. The number of Topliss-reactive ketones (excluding diaryl/α,β-unsaturated/α-hetero) is 1. The van der Waals surface area contributed by atoms with Crippen molar-refractivity contribution in [1.29, 1.82) is 0 Å². The van der Waals surface area contributed by atoms with Gasteiger partial charge in [0.15, 0.2) is 5.78 Å². The molecule has 0 fully saturated rings. The Balaban J connectivity index is 2.85. The molecule has 2 nitrogen and oxygen atoms in total. The second kappa shape index (κ2) is 6.02. The summed E-state index contributed by atoms with van der Waals surface area (Å²) in [4.78, 5) is 11.7. The number of carbonyl (C=O) groups excluding carboxylic acids is 1. The van der Waals surface area contributed by atoms with Gasteiger partial charge in [-0.15, -0.1) is 6.58 Å². The van der Waals surface area contributed by atoms with Crippen LogP contribution >= 0.6 is 0 Å². The van der Waals surface area contributed by atoms with Crippen molar-refractivity contribution >= 4 is 5.78 Å². The predicted molar refractivity (Wildman–Crippen MR) is 61.4 cm³/mol. The fourth-order valence-electron chi connectivity index (χ4n) is 1.28. The molecule has 0 N–H and O–H groups in total. The molecule has 0 saturated heterocycles. The zero-order chi connectivity index (χ0) is 11.1. The van der Waals surface area contributed by atoms with Gasteiger partial charge >= 0.3 is 0 Å². The maximum Gasteiger partial charge on any atom is 0.170 e. The highest BCUT2D eigenvalue weighted by Gasteiger charge is 2.09. The van der Waals surface area contributed by atoms with Gasteiger partial charge in [-0.05, 0) is 18.6 Å². The number of benzene rings is 1. The third kappa shape index (κ3) is 3.24. The predicted octanol–water partition coefficient (Wildman–Crippen LogP) is 3.23. The molecule has 0 unspecified atom stereocenters. The number of rotatable bonds is 6. The maximum absolute atomic E-state index is 11.7. The molecular weight excluding hydrogens is 188 g/mol. The van der Waals surface area contributed by atoms with Crippen LogP contribution in [0.15, 0.2) is 36.9 Å². The average Bonchev–Trinajstić information content (AvgIpc) is 2.27. The van der Waals surface area contributed by atoms with Crippen molar-refractivity contribution in [3.8, 4) is 5.75 Å². The molecule has 0 bridgehead atoms. The Morgan fingerprint density at radius 1 is 1.47 bits per heavy atom. The summed E-state index contributed by atoms with van der Waals surface area (Å²) in [6.45, 7) is 6.23. The maximum atomic E-state index is 11.7. The van der Waals surface area contributed by atoms with Crippen molar-refractivity contribution in [2.45, 2.75) is 19.8 Å². The quantitative estimate of drug-likeness (QED) is 0.525. The van der Waals surface area contributed by atoms with Gasteiger partial charge in [0.05, 0.1) is 12.2 Å². The normalized spacial score (nSPS) is 9.67. The van der Waals surface area contributed by atoms with Crippen LogP contribution in [0, 0.1) is 0 Å². The summed E-state index contributed by atoms with van der Waals surface area (Å²) < 4.78 is 5.50. The van der Waals surface area contributed by atoms with Crippen LogP contribution in [0.5, 0.6) is 5.75 Å². The molecule has 0 heterocycles. The lowest BCUT2D eigenvalue weighted by atomic mass is 10.1. The Kier molecular flexibility index (Phi) is 4.61. The van der Waals surface area contributed by atoms with Crippen LogP contribution in [0.1, 0.15) is 30.1 Å². The molecular formula is C13H16O2. The fourth-order valence-corrected chi connectivity index (χ4v) is 1.28. The topological polar surface area (TPSA) is 26.3 Å². The Hall–Kier alpha value is -1.57. The van der Waals surface area contributed by atoms with Crippen LogP contribution in [0.4, 0.5) is 0 Å². The number of para-hydroxylation sites is 1. The summed E-state index contributed by atoms with van der Waals surface area (Å²) in [7, 11) is 0. The molecule has 15 heavy (non-hydrogen) atoms. The third-order valence-electron chi connectivity index (χ3n) is 1.98. The molecule has 0 atom stereocenters. The van der Waals surface area contributed by atoms with Crippen LogP contribution in [0.25, 0.3) is 0 Å². The smallest absolute Gasteiger partial charge is 0.170 e. The van der Waals surface area contributed by atoms with E-state index >= 15 is 0 Å². The minimum Gasteiger partial charge on any atom is -0.493 e. The standard InChI is InChI=1S/C13H16O2/c1-3-7-12(14)11-8-5-6-9-13(11)15-10-4-2/h3,5-6,8-9H,1,4,7,10H2,2H3. The van der Waals surface area contributed by atoms with Crippen LogP contribution in [-0.4, -0.2) is 12.4 Å². The molecule has 0 aliphatic carbocycles. The molecule has 0 aromatic heterocycles. The Bertz CT molecular complexity index is 342. The van der Waals surface area contributed by atoms with Crippen LogP contribution in [0.3, 0.4) is 0 Å². The summed E-state index contributed by atoms with van der Waals surface area (Å²) in [6.07, 6.45) is 2.90. The van der Waals surface area contributed by atoms with Gasteiger partial charge < -0.3 is 4.74 Å². The average molecular weight is 204 g/mol. The molecule has 0 amide bonds. The van der Waals surface area contributed by atoms with Crippen LogP contribution < -0.4 is 4.74 Å². The van der Waals surface area contributed by atoms with Gasteiger partial charge in [-0.2, -0.15) is 0 Å². The number of ketones is 1. The highest BCUT2D eigenvalue weighted by Crippen LogP contribution is 2.19. The fraction of sp³-hybridized carbons (Fsp3) is 0.308. The molecule has 2 heteroatoms. The van der Waals surface area contributed by atoms with E-state index in [-0.39, 0.29) is 5.78 Å². The monoisotopic (exact) mass is 204 g/mol. The summed E-state index contributed by atoms with van der Waals surface area (Å²) in [5, 5.41) is 0. The molecule has 0 spiro atoms. The minimum atomic E-state index is 0.0525. The molecule has 0 aliphatic heterocycles. The van der Waals surface area contributed by atoms with E-state index in [9.17, 15) is 4.79 Å². The van der Waals surface area contributed by atoms with E-state index in [1.54, 1.807) is 12.1 Å². The SMILES string of the molecule is C=CCC(=O)c1ccccc1OCCC. The van der Waals surface area contributed by atoms with Crippen molar-refractivity contribution < 1.29 is 9.53 Å². The lowest BCUT2D eigenvalue weighted by Gasteiger charge is -2.08. The van der Waals surface area contributed by atoms with Crippen molar-refractivity contribution in [3.05, 3.63) is 42.5 Å². The van der Waals surface area contributed by atoms with Crippen LogP contribution in [0.2, 0.25) is 0 Å². The lowest BCUT2D eigenvalue weighted by Crippen LogP contribution is -2.03. The van der Waals surface area contributed by atoms with Crippen molar-refractivity contribution in [2.75, 3.05) is 6.61 Å². The highest BCUT2D eigenvalue weighted by atomic mass is 16.5. The zero-order valence-corrected chi connectivity index (χ0v) is 9.03. The van der Waals surface area contributed by atoms with Crippen LogP contribution in [-0.2, 0) is 0 Å². The van der Waals surface area contributed by atoms with E-state index in [4.69, 9.17) is 4.74 Å². The Morgan fingerprint density at radius 3 is 2.87 bits per heavy atom. The van der Waals surface area contributed by atoms with E-state index in [0.717, 1.165) is 6.42 Å². The minimum absolute atomic E-state index is 0.0525. The van der Waals surface area contributed by atoms with E-state index in [0.29, 0.717) is 24.3 Å². The molecule has 80 valence electrons. The van der Waals surface area contributed by atoms with Crippen molar-refractivity contribution in [1.82, 2.24) is 0 Å². The molecule has 0 saturated carbocycles. The van der Waals surface area contributed by atoms with Gasteiger partial charge in [0.1, 0.15) is 5.75 Å². The van der Waals surface area contributed by atoms with Crippen molar-refractivity contribution in [3.63, 3.8) is 0 Å². The number of carbonyl (C=O) groups is 1. The molecule has 1 aromatic rings. The lowest BCUT2D eigenvalue weighted by molar-refractivity contribution is 0.0992. The first-order chi connectivity index (χ1) is 7.29. The van der Waals surface area contributed by atoms with E-state index in [1.165, 1.54) is 0 Å². The third-order valence-corrected chi connectivity index (χ3v) is 1.98. The summed E-state index contributed by atoms with van der Waals surface area (Å²) >= 11 is 0. The van der Waals surface area contributed by atoms with Gasteiger partial charge in [0, 0.05) is 6.42 Å². The Labute approximate surface area is 90.6 Å². The van der Waals surface area contributed by atoms with E-state index in [1.807, 2.05) is 25.1 Å². The molecule has 1 aromatic carbocycles. The van der Waals surface area contributed by atoms with Gasteiger partial charge in [0.25, 0.3) is 0 Å². The first-order valence-electron chi connectivity index (χ1n) is 5.15. The zero-order valence-electron chi connectivity index (χ0n) is 9.03. The molecule has 1 rings (SSSR count). The first-order valence-corrected chi connectivity index (χ1v) is 5.15.